The minimum atomic E-state index is 0.0351. The van der Waals surface area contributed by atoms with E-state index in [-0.39, 0.29) is 6.04 Å². The number of hydrogen-bond donors (Lipinski definition) is 2. The third-order valence-corrected chi connectivity index (χ3v) is 3.39. The van der Waals surface area contributed by atoms with Gasteiger partial charge in [-0.2, -0.15) is 0 Å². The molecule has 94 valence electrons. The second-order valence-corrected chi connectivity index (χ2v) is 4.65. The van der Waals surface area contributed by atoms with Crippen molar-refractivity contribution in [3.05, 3.63) is 64.4 Å². The fraction of sp³-hybridized carbons (Fsp3) is 0.214. The molecule has 0 amide bonds. The molecule has 0 saturated heterocycles. The Kier molecular flexibility index (Phi) is 4.31. The van der Waals surface area contributed by atoms with E-state index < -0.39 is 0 Å². The number of nitrogens with one attached hydrogen (secondary N) is 1. The SMILES string of the molecule is Cc1cnccc1C(Cc1ccccc1Cl)NN. The molecule has 0 aliphatic rings. The highest BCUT2D eigenvalue weighted by Gasteiger charge is 2.14. The van der Waals surface area contributed by atoms with Crippen LogP contribution < -0.4 is 11.3 Å². The Bertz CT molecular complexity index is 528. The average molecular weight is 262 g/mol. The van der Waals surface area contributed by atoms with Crippen molar-refractivity contribution >= 4 is 11.6 Å². The van der Waals surface area contributed by atoms with Gasteiger partial charge in [-0.15, -0.1) is 0 Å². The van der Waals surface area contributed by atoms with Crippen molar-refractivity contribution in [1.82, 2.24) is 10.4 Å². The standard InChI is InChI=1S/C14H16ClN3/c1-10-9-17-7-6-12(10)14(18-16)8-11-4-2-3-5-13(11)15/h2-7,9,14,18H,8,16H2,1H3. The molecule has 0 aliphatic carbocycles. The Labute approximate surface area is 112 Å². The van der Waals surface area contributed by atoms with Crippen LogP contribution in [0.5, 0.6) is 0 Å². The van der Waals surface area contributed by atoms with Gasteiger partial charge in [0.25, 0.3) is 0 Å². The van der Waals surface area contributed by atoms with Crippen molar-refractivity contribution in [2.75, 3.05) is 0 Å². The van der Waals surface area contributed by atoms with Crippen LogP contribution in [0.2, 0.25) is 5.02 Å². The Morgan fingerprint density at radius 1 is 1.33 bits per heavy atom. The third-order valence-electron chi connectivity index (χ3n) is 3.02. The molecular formula is C14H16ClN3. The highest BCUT2D eigenvalue weighted by molar-refractivity contribution is 6.31. The number of nitrogens with two attached hydrogens (primary N) is 1. The van der Waals surface area contributed by atoms with Gasteiger partial charge in [0.05, 0.1) is 6.04 Å². The summed E-state index contributed by atoms with van der Waals surface area (Å²) in [6.07, 6.45) is 4.37. The highest BCUT2D eigenvalue weighted by Crippen LogP contribution is 2.24. The maximum atomic E-state index is 6.17. The van der Waals surface area contributed by atoms with E-state index in [0.29, 0.717) is 0 Å². The zero-order valence-corrected chi connectivity index (χ0v) is 11.0. The first-order valence-corrected chi connectivity index (χ1v) is 6.20. The number of rotatable bonds is 4. The normalized spacial score (nSPS) is 12.4. The van der Waals surface area contributed by atoms with E-state index in [1.165, 1.54) is 0 Å². The van der Waals surface area contributed by atoms with Crippen LogP contribution in [0, 0.1) is 6.92 Å². The Balaban J connectivity index is 2.26. The fourth-order valence-corrected chi connectivity index (χ4v) is 2.23. The molecule has 1 aromatic carbocycles. The van der Waals surface area contributed by atoms with E-state index in [0.717, 1.165) is 28.1 Å². The molecule has 4 heteroatoms. The lowest BCUT2D eigenvalue weighted by Crippen LogP contribution is -2.30. The van der Waals surface area contributed by atoms with Crippen molar-refractivity contribution in [2.45, 2.75) is 19.4 Å². The molecule has 1 unspecified atom stereocenters. The van der Waals surface area contributed by atoms with Gasteiger partial charge < -0.3 is 0 Å². The van der Waals surface area contributed by atoms with Crippen molar-refractivity contribution < 1.29 is 0 Å². The molecule has 0 saturated carbocycles. The summed E-state index contributed by atoms with van der Waals surface area (Å²) < 4.78 is 0. The molecule has 1 heterocycles. The summed E-state index contributed by atoms with van der Waals surface area (Å²) in [6, 6.07) is 9.83. The highest BCUT2D eigenvalue weighted by atomic mass is 35.5. The first-order valence-electron chi connectivity index (χ1n) is 5.82. The summed E-state index contributed by atoms with van der Waals surface area (Å²) in [5.41, 5.74) is 6.19. The molecular weight excluding hydrogens is 246 g/mol. The maximum absolute atomic E-state index is 6.17. The number of nitrogens with zero attached hydrogens (tertiary/aromatic N) is 1. The van der Waals surface area contributed by atoms with Crippen molar-refractivity contribution in [2.24, 2.45) is 5.84 Å². The van der Waals surface area contributed by atoms with Crippen LogP contribution in [0.25, 0.3) is 0 Å². The Morgan fingerprint density at radius 2 is 2.11 bits per heavy atom. The summed E-state index contributed by atoms with van der Waals surface area (Å²) in [5.74, 6) is 5.66. The summed E-state index contributed by atoms with van der Waals surface area (Å²) in [4.78, 5) is 4.09. The monoisotopic (exact) mass is 261 g/mol. The van der Waals surface area contributed by atoms with E-state index in [1.54, 1.807) is 6.20 Å². The van der Waals surface area contributed by atoms with Crippen LogP contribution in [0.1, 0.15) is 22.7 Å². The maximum Gasteiger partial charge on any atom is 0.0504 e. The van der Waals surface area contributed by atoms with Gasteiger partial charge in [-0.1, -0.05) is 29.8 Å². The molecule has 0 radical (unpaired) electrons. The molecule has 0 spiro atoms. The van der Waals surface area contributed by atoms with E-state index in [4.69, 9.17) is 17.4 Å². The smallest absolute Gasteiger partial charge is 0.0504 e. The summed E-state index contributed by atoms with van der Waals surface area (Å²) >= 11 is 6.17. The van der Waals surface area contributed by atoms with Gasteiger partial charge in [0.2, 0.25) is 0 Å². The number of hydrazine groups is 1. The van der Waals surface area contributed by atoms with Crippen LogP contribution in [-0.4, -0.2) is 4.98 Å². The molecule has 2 rings (SSSR count). The van der Waals surface area contributed by atoms with Crippen molar-refractivity contribution in [3.63, 3.8) is 0 Å². The third kappa shape index (κ3) is 2.88. The van der Waals surface area contributed by atoms with Crippen molar-refractivity contribution in [3.8, 4) is 0 Å². The zero-order chi connectivity index (χ0) is 13.0. The van der Waals surface area contributed by atoms with Crippen LogP contribution in [0.15, 0.2) is 42.7 Å². The Hall–Kier alpha value is -1.42. The van der Waals surface area contributed by atoms with Gasteiger partial charge in [-0.05, 0) is 42.2 Å². The molecule has 3 nitrogen and oxygen atoms in total. The molecule has 1 atom stereocenters. The topological polar surface area (TPSA) is 50.9 Å². The van der Waals surface area contributed by atoms with E-state index in [9.17, 15) is 0 Å². The van der Waals surface area contributed by atoms with E-state index in [2.05, 4.69) is 10.4 Å². The molecule has 3 N–H and O–H groups in total. The minimum Gasteiger partial charge on any atom is -0.271 e. The molecule has 0 aliphatic heterocycles. The summed E-state index contributed by atoms with van der Waals surface area (Å²) in [7, 11) is 0. The van der Waals surface area contributed by atoms with Crippen LogP contribution in [-0.2, 0) is 6.42 Å². The lowest BCUT2D eigenvalue weighted by Gasteiger charge is -2.18. The van der Waals surface area contributed by atoms with Crippen LogP contribution >= 0.6 is 11.6 Å². The lowest BCUT2D eigenvalue weighted by atomic mass is 9.97. The number of aryl methyl sites for hydroxylation is 1. The van der Waals surface area contributed by atoms with Gasteiger partial charge in [0.1, 0.15) is 0 Å². The molecule has 1 aromatic heterocycles. The average Bonchev–Trinajstić information content (AvgIpc) is 2.39. The summed E-state index contributed by atoms with van der Waals surface area (Å²) in [5, 5.41) is 0.768. The number of benzene rings is 1. The van der Waals surface area contributed by atoms with Crippen LogP contribution in [0.3, 0.4) is 0 Å². The number of hydrogen-bond acceptors (Lipinski definition) is 3. The predicted octanol–water partition coefficient (Wildman–Crippen LogP) is 2.79. The molecule has 2 aromatic rings. The van der Waals surface area contributed by atoms with Gasteiger partial charge in [-0.3, -0.25) is 16.3 Å². The number of aromatic nitrogens is 1. The minimum absolute atomic E-state index is 0.0351. The quantitative estimate of drug-likeness (QED) is 0.657. The Morgan fingerprint density at radius 3 is 2.78 bits per heavy atom. The van der Waals surface area contributed by atoms with Crippen LogP contribution in [0.4, 0.5) is 0 Å². The van der Waals surface area contributed by atoms with Gasteiger partial charge in [0.15, 0.2) is 0 Å². The molecule has 18 heavy (non-hydrogen) atoms. The largest absolute Gasteiger partial charge is 0.271 e. The first kappa shape index (κ1) is 13.0. The number of pyridine rings is 1. The predicted molar refractivity (Wildman–Crippen MR) is 74.2 cm³/mol. The fourth-order valence-electron chi connectivity index (χ4n) is 2.02. The summed E-state index contributed by atoms with van der Waals surface area (Å²) in [6.45, 7) is 2.03. The number of halogens is 1. The van der Waals surface area contributed by atoms with Gasteiger partial charge >= 0.3 is 0 Å². The first-order chi connectivity index (χ1) is 8.72. The lowest BCUT2D eigenvalue weighted by molar-refractivity contribution is 0.549. The second-order valence-electron chi connectivity index (χ2n) is 4.25. The zero-order valence-electron chi connectivity index (χ0n) is 10.2. The second kappa shape index (κ2) is 5.96. The van der Waals surface area contributed by atoms with E-state index >= 15 is 0 Å². The van der Waals surface area contributed by atoms with Gasteiger partial charge in [-0.25, -0.2) is 0 Å². The molecule has 0 fully saturated rings. The van der Waals surface area contributed by atoms with Gasteiger partial charge in [0, 0.05) is 17.4 Å². The molecule has 0 bridgehead atoms. The van der Waals surface area contributed by atoms with E-state index in [1.807, 2.05) is 43.5 Å². The van der Waals surface area contributed by atoms with Crippen molar-refractivity contribution in [1.29, 1.82) is 0 Å².